The average Bonchev–Trinajstić information content (AvgIpc) is 2.34. The molecule has 1 unspecified atom stereocenters. The summed E-state index contributed by atoms with van der Waals surface area (Å²) in [7, 11) is 0. The van der Waals surface area contributed by atoms with Crippen molar-refractivity contribution in [3.8, 4) is 0 Å². The molecule has 0 amide bonds. The van der Waals surface area contributed by atoms with Gasteiger partial charge in [0.1, 0.15) is 0 Å². The van der Waals surface area contributed by atoms with Gasteiger partial charge in [-0.2, -0.15) is 0 Å². The Morgan fingerprint density at radius 1 is 0.833 bits per heavy atom. The van der Waals surface area contributed by atoms with Gasteiger partial charge in [-0.25, -0.2) is 0 Å². The third kappa shape index (κ3) is 2.92. The number of nitrogens with one attached hydrogen (secondary N) is 1. The van der Waals surface area contributed by atoms with E-state index < -0.39 is 0 Å². The van der Waals surface area contributed by atoms with Gasteiger partial charge in [-0.3, -0.25) is 0 Å². The normalized spacial score (nSPS) is 12.2. The van der Waals surface area contributed by atoms with Crippen LogP contribution < -0.4 is 5.32 Å². The lowest BCUT2D eigenvalue weighted by Crippen LogP contribution is -2.06. The van der Waals surface area contributed by atoms with Crippen molar-refractivity contribution in [2.45, 2.75) is 33.7 Å². The lowest BCUT2D eigenvalue weighted by atomic mass is 10.1. The quantitative estimate of drug-likeness (QED) is 0.812. The van der Waals surface area contributed by atoms with Gasteiger partial charge in [0.15, 0.2) is 0 Å². The van der Waals surface area contributed by atoms with Crippen molar-refractivity contribution >= 4 is 5.69 Å². The molecule has 1 heteroatoms. The van der Waals surface area contributed by atoms with Gasteiger partial charge in [-0.05, 0) is 56.5 Å². The number of aryl methyl sites for hydroxylation is 3. The standard InChI is InChI=1S/C17H21N/c1-12-5-8-16(9-6-12)15(4)18-17-10-7-13(2)14(3)11-17/h5-11,15,18H,1-4H3. The maximum atomic E-state index is 3.55. The summed E-state index contributed by atoms with van der Waals surface area (Å²) in [5.41, 5.74) is 6.47. The van der Waals surface area contributed by atoms with E-state index in [-0.39, 0.29) is 0 Å². The SMILES string of the molecule is Cc1ccc(C(C)Nc2ccc(C)c(C)c2)cc1. The van der Waals surface area contributed by atoms with Crippen LogP contribution in [-0.2, 0) is 0 Å². The van der Waals surface area contributed by atoms with Gasteiger partial charge in [0.05, 0.1) is 0 Å². The van der Waals surface area contributed by atoms with Gasteiger partial charge >= 0.3 is 0 Å². The van der Waals surface area contributed by atoms with E-state index in [0.717, 1.165) is 0 Å². The van der Waals surface area contributed by atoms with E-state index in [1.54, 1.807) is 0 Å². The third-order valence-corrected chi connectivity index (χ3v) is 3.47. The summed E-state index contributed by atoms with van der Waals surface area (Å²) in [5.74, 6) is 0. The van der Waals surface area contributed by atoms with Crippen molar-refractivity contribution in [3.63, 3.8) is 0 Å². The van der Waals surface area contributed by atoms with Crippen LogP contribution in [0.5, 0.6) is 0 Å². The molecule has 2 aromatic rings. The average molecular weight is 239 g/mol. The molecule has 0 aliphatic rings. The number of hydrogen-bond acceptors (Lipinski definition) is 1. The molecule has 0 aliphatic carbocycles. The van der Waals surface area contributed by atoms with Gasteiger partial charge in [0.25, 0.3) is 0 Å². The van der Waals surface area contributed by atoms with Gasteiger partial charge in [-0.1, -0.05) is 35.9 Å². The predicted molar refractivity (Wildman–Crippen MR) is 79.1 cm³/mol. The largest absolute Gasteiger partial charge is 0.379 e. The maximum absolute atomic E-state index is 3.55. The van der Waals surface area contributed by atoms with Crippen molar-refractivity contribution in [1.29, 1.82) is 0 Å². The molecule has 94 valence electrons. The Morgan fingerprint density at radius 3 is 2.11 bits per heavy atom. The zero-order valence-corrected chi connectivity index (χ0v) is 11.6. The summed E-state index contributed by atoms with van der Waals surface area (Å²) < 4.78 is 0. The highest BCUT2D eigenvalue weighted by Crippen LogP contribution is 2.21. The van der Waals surface area contributed by atoms with Gasteiger partial charge in [0, 0.05) is 11.7 Å². The fourth-order valence-corrected chi connectivity index (χ4v) is 2.02. The molecule has 1 N–H and O–H groups in total. The van der Waals surface area contributed by atoms with Crippen molar-refractivity contribution in [3.05, 3.63) is 64.7 Å². The van der Waals surface area contributed by atoms with Crippen LogP contribution in [0, 0.1) is 20.8 Å². The second-order valence-electron chi connectivity index (χ2n) is 5.08. The Balaban J connectivity index is 2.13. The molecule has 0 saturated carbocycles. The second kappa shape index (κ2) is 5.26. The van der Waals surface area contributed by atoms with E-state index in [1.807, 2.05) is 0 Å². The minimum absolute atomic E-state index is 0.327. The Labute approximate surface area is 110 Å². The van der Waals surface area contributed by atoms with Crippen LogP contribution in [0.2, 0.25) is 0 Å². The summed E-state index contributed by atoms with van der Waals surface area (Å²) in [6.45, 7) is 8.60. The van der Waals surface area contributed by atoms with E-state index in [4.69, 9.17) is 0 Å². The highest BCUT2D eigenvalue weighted by Gasteiger charge is 2.05. The molecular formula is C17H21N. The third-order valence-electron chi connectivity index (χ3n) is 3.47. The number of rotatable bonds is 3. The summed E-state index contributed by atoms with van der Waals surface area (Å²) in [5, 5.41) is 3.55. The first-order valence-electron chi connectivity index (χ1n) is 6.46. The molecule has 2 rings (SSSR count). The van der Waals surface area contributed by atoms with Crippen LogP contribution in [0.25, 0.3) is 0 Å². The highest BCUT2D eigenvalue weighted by atomic mass is 14.9. The summed E-state index contributed by atoms with van der Waals surface area (Å²) in [4.78, 5) is 0. The lowest BCUT2D eigenvalue weighted by molar-refractivity contribution is 0.883. The van der Waals surface area contributed by atoms with E-state index in [2.05, 4.69) is 75.5 Å². The summed E-state index contributed by atoms with van der Waals surface area (Å²) in [6.07, 6.45) is 0. The van der Waals surface area contributed by atoms with Crippen LogP contribution in [0.3, 0.4) is 0 Å². The molecule has 0 radical (unpaired) electrons. The van der Waals surface area contributed by atoms with Crippen molar-refractivity contribution < 1.29 is 0 Å². The topological polar surface area (TPSA) is 12.0 Å². The molecule has 1 nitrogen and oxygen atoms in total. The molecule has 0 spiro atoms. The van der Waals surface area contributed by atoms with Crippen LogP contribution in [-0.4, -0.2) is 0 Å². The number of benzene rings is 2. The number of anilines is 1. The molecule has 1 atom stereocenters. The molecule has 0 saturated heterocycles. The van der Waals surface area contributed by atoms with Crippen LogP contribution in [0.4, 0.5) is 5.69 Å². The first-order valence-corrected chi connectivity index (χ1v) is 6.46. The van der Waals surface area contributed by atoms with Gasteiger partial charge < -0.3 is 5.32 Å². The fraction of sp³-hybridized carbons (Fsp3) is 0.294. The van der Waals surface area contributed by atoms with Crippen molar-refractivity contribution in [2.24, 2.45) is 0 Å². The monoisotopic (exact) mass is 239 g/mol. The molecule has 18 heavy (non-hydrogen) atoms. The summed E-state index contributed by atoms with van der Waals surface area (Å²) >= 11 is 0. The highest BCUT2D eigenvalue weighted by molar-refractivity contribution is 5.49. The first kappa shape index (κ1) is 12.7. The molecule has 0 heterocycles. The van der Waals surface area contributed by atoms with E-state index >= 15 is 0 Å². The summed E-state index contributed by atoms with van der Waals surface area (Å²) in [6, 6.07) is 15.5. The fourth-order valence-electron chi connectivity index (χ4n) is 2.02. The van der Waals surface area contributed by atoms with E-state index in [9.17, 15) is 0 Å². The molecule has 0 aliphatic heterocycles. The number of hydrogen-bond donors (Lipinski definition) is 1. The van der Waals surface area contributed by atoms with E-state index in [1.165, 1.54) is 27.9 Å². The van der Waals surface area contributed by atoms with Crippen LogP contribution >= 0.6 is 0 Å². The van der Waals surface area contributed by atoms with E-state index in [0.29, 0.717) is 6.04 Å². The Kier molecular flexibility index (Phi) is 3.71. The maximum Gasteiger partial charge on any atom is 0.0485 e. The van der Waals surface area contributed by atoms with Crippen molar-refractivity contribution in [1.82, 2.24) is 0 Å². The smallest absolute Gasteiger partial charge is 0.0485 e. The molecule has 0 aromatic heterocycles. The first-order chi connectivity index (χ1) is 8.56. The van der Waals surface area contributed by atoms with Gasteiger partial charge in [0.2, 0.25) is 0 Å². The zero-order chi connectivity index (χ0) is 13.1. The van der Waals surface area contributed by atoms with Crippen molar-refractivity contribution in [2.75, 3.05) is 5.32 Å². The Hall–Kier alpha value is -1.76. The second-order valence-corrected chi connectivity index (χ2v) is 5.08. The van der Waals surface area contributed by atoms with Crippen LogP contribution in [0.15, 0.2) is 42.5 Å². The lowest BCUT2D eigenvalue weighted by Gasteiger charge is -2.17. The zero-order valence-electron chi connectivity index (χ0n) is 11.6. The molecule has 2 aromatic carbocycles. The minimum atomic E-state index is 0.327. The predicted octanol–water partition coefficient (Wildman–Crippen LogP) is 4.78. The Bertz CT molecular complexity index is 526. The van der Waals surface area contributed by atoms with Crippen LogP contribution in [0.1, 0.15) is 35.2 Å². The Morgan fingerprint density at radius 2 is 1.50 bits per heavy atom. The van der Waals surface area contributed by atoms with Gasteiger partial charge in [-0.15, -0.1) is 0 Å². The molecular weight excluding hydrogens is 218 g/mol. The molecule has 0 bridgehead atoms. The molecule has 0 fully saturated rings. The minimum Gasteiger partial charge on any atom is -0.379 e.